The molecule has 0 heterocycles. The summed E-state index contributed by atoms with van der Waals surface area (Å²) >= 11 is 5.80. The lowest BCUT2D eigenvalue weighted by atomic mass is 10.1. The van der Waals surface area contributed by atoms with E-state index in [1.54, 1.807) is 31.4 Å². The molecule has 2 aromatic rings. The largest absolute Gasteiger partial charge is 0.497 e. The maximum Gasteiger partial charge on any atom is 0.178 e. The summed E-state index contributed by atoms with van der Waals surface area (Å²) in [4.78, 5) is 11.8. The minimum Gasteiger partial charge on any atom is -0.497 e. The summed E-state index contributed by atoms with van der Waals surface area (Å²) in [7, 11) is 1.62. The van der Waals surface area contributed by atoms with Crippen LogP contribution in [0.15, 0.2) is 60.7 Å². The predicted molar refractivity (Wildman–Crippen MR) is 87.5 cm³/mol. The summed E-state index contributed by atoms with van der Waals surface area (Å²) in [6.07, 6.45) is 6.60. The number of methoxy groups -OCH3 is 1. The van der Waals surface area contributed by atoms with Gasteiger partial charge in [0.2, 0.25) is 0 Å². The molecule has 0 unspecified atom stereocenters. The Bertz CT molecular complexity index is 653. The lowest BCUT2D eigenvalue weighted by molar-refractivity contribution is -0.110. The monoisotopic (exact) mass is 298 g/mol. The molecular formula is C18H15ClO2. The predicted octanol–water partition coefficient (Wildman–Crippen LogP) is 4.64. The maximum absolute atomic E-state index is 11.8. The van der Waals surface area contributed by atoms with E-state index in [0.717, 1.165) is 16.9 Å². The topological polar surface area (TPSA) is 26.3 Å². The van der Waals surface area contributed by atoms with Gasteiger partial charge < -0.3 is 4.74 Å². The smallest absolute Gasteiger partial charge is 0.178 e. The van der Waals surface area contributed by atoms with Gasteiger partial charge in [-0.3, -0.25) is 4.79 Å². The Balaban J connectivity index is 1.96. The lowest BCUT2D eigenvalue weighted by Gasteiger charge is -1.98. The van der Waals surface area contributed by atoms with E-state index in [2.05, 4.69) is 0 Å². The molecule has 0 amide bonds. The number of rotatable bonds is 5. The van der Waals surface area contributed by atoms with Gasteiger partial charge in [0, 0.05) is 5.02 Å². The molecule has 2 aromatic carbocycles. The molecule has 0 atom stereocenters. The molecule has 21 heavy (non-hydrogen) atoms. The molecule has 0 aliphatic rings. The number of hydrogen-bond acceptors (Lipinski definition) is 2. The second kappa shape index (κ2) is 7.46. The second-order valence-electron chi connectivity index (χ2n) is 4.39. The zero-order valence-corrected chi connectivity index (χ0v) is 12.4. The van der Waals surface area contributed by atoms with Crippen molar-refractivity contribution in [3.63, 3.8) is 0 Å². The van der Waals surface area contributed by atoms with Gasteiger partial charge in [0.1, 0.15) is 5.75 Å². The van der Waals surface area contributed by atoms with Crippen molar-refractivity contribution in [1.82, 2.24) is 0 Å². The van der Waals surface area contributed by atoms with E-state index in [-0.39, 0.29) is 5.78 Å². The molecule has 106 valence electrons. The standard InChI is InChI=1S/C18H15ClO2/c1-21-18-12-6-15(7-13-18)5-11-17(20)10-4-14-2-8-16(19)9-3-14/h2-13H,1H3/b10-4+,11-5+. The molecule has 0 aliphatic heterocycles. The molecule has 0 saturated heterocycles. The molecule has 2 rings (SSSR count). The van der Waals surface area contributed by atoms with E-state index in [4.69, 9.17) is 16.3 Å². The van der Waals surface area contributed by atoms with Crippen LogP contribution in [0.5, 0.6) is 5.75 Å². The van der Waals surface area contributed by atoms with Crippen molar-refractivity contribution in [3.8, 4) is 5.75 Å². The van der Waals surface area contributed by atoms with Gasteiger partial charge >= 0.3 is 0 Å². The number of carbonyl (C=O) groups is 1. The number of allylic oxidation sites excluding steroid dienone is 2. The van der Waals surface area contributed by atoms with Crippen LogP contribution in [0.1, 0.15) is 11.1 Å². The summed E-state index contributed by atoms with van der Waals surface area (Å²) in [5, 5.41) is 0.679. The van der Waals surface area contributed by atoms with Gasteiger partial charge in [-0.1, -0.05) is 48.0 Å². The highest BCUT2D eigenvalue weighted by Gasteiger charge is 1.93. The Morgan fingerprint density at radius 2 is 1.38 bits per heavy atom. The van der Waals surface area contributed by atoms with E-state index >= 15 is 0 Å². The van der Waals surface area contributed by atoms with E-state index in [9.17, 15) is 4.79 Å². The number of ketones is 1. The van der Waals surface area contributed by atoms with Crippen molar-refractivity contribution in [2.45, 2.75) is 0 Å². The molecule has 0 aliphatic carbocycles. The summed E-state index contributed by atoms with van der Waals surface area (Å²) < 4.78 is 5.08. The highest BCUT2D eigenvalue weighted by Crippen LogP contribution is 2.13. The third-order valence-electron chi connectivity index (χ3n) is 2.87. The molecule has 3 heteroatoms. The summed E-state index contributed by atoms with van der Waals surface area (Å²) in [6, 6.07) is 14.8. The Morgan fingerprint density at radius 1 is 0.905 bits per heavy atom. The molecule has 0 bridgehead atoms. The van der Waals surface area contributed by atoms with Crippen LogP contribution >= 0.6 is 11.6 Å². The van der Waals surface area contributed by atoms with Crippen LogP contribution in [0.4, 0.5) is 0 Å². The van der Waals surface area contributed by atoms with Crippen LogP contribution in [0, 0.1) is 0 Å². The quantitative estimate of drug-likeness (QED) is 0.751. The molecule has 0 radical (unpaired) electrons. The number of ether oxygens (including phenoxy) is 1. The van der Waals surface area contributed by atoms with E-state index in [1.165, 1.54) is 12.2 Å². The van der Waals surface area contributed by atoms with Crippen LogP contribution in [-0.4, -0.2) is 12.9 Å². The van der Waals surface area contributed by atoms with Gasteiger partial charge in [-0.15, -0.1) is 0 Å². The molecular weight excluding hydrogens is 284 g/mol. The summed E-state index contributed by atoms with van der Waals surface area (Å²) in [5.74, 6) is 0.724. The van der Waals surface area contributed by atoms with Gasteiger partial charge in [-0.05, 0) is 47.5 Å². The minimum atomic E-state index is -0.0687. The summed E-state index contributed by atoms with van der Waals surface area (Å²) in [6.45, 7) is 0. The Morgan fingerprint density at radius 3 is 1.86 bits per heavy atom. The average molecular weight is 299 g/mol. The maximum atomic E-state index is 11.8. The van der Waals surface area contributed by atoms with Gasteiger partial charge in [0.25, 0.3) is 0 Å². The zero-order valence-electron chi connectivity index (χ0n) is 11.6. The van der Waals surface area contributed by atoms with Crippen LogP contribution in [0.3, 0.4) is 0 Å². The molecule has 0 saturated carbocycles. The minimum absolute atomic E-state index is 0.0687. The van der Waals surface area contributed by atoms with Crippen molar-refractivity contribution in [1.29, 1.82) is 0 Å². The highest BCUT2D eigenvalue weighted by molar-refractivity contribution is 6.30. The average Bonchev–Trinajstić information content (AvgIpc) is 2.53. The first-order chi connectivity index (χ1) is 10.2. The van der Waals surface area contributed by atoms with Crippen LogP contribution in [-0.2, 0) is 4.79 Å². The Labute approximate surface area is 129 Å². The third-order valence-corrected chi connectivity index (χ3v) is 3.12. The van der Waals surface area contributed by atoms with E-state index in [0.29, 0.717) is 5.02 Å². The zero-order chi connectivity index (χ0) is 15.1. The Kier molecular flexibility index (Phi) is 5.35. The Hall–Kier alpha value is -2.32. The molecule has 0 fully saturated rings. The molecule has 2 nitrogen and oxygen atoms in total. The molecule has 0 N–H and O–H groups in total. The first kappa shape index (κ1) is 15.1. The van der Waals surface area contributed by atoms with E-state index < -0.39 is 0 Å². The van der Waals surface area contributed by atoms with Gasteiger partial charge in [0.15, 0.2) is 5.78 Å². The van der Waals surface area contributed by atoms with Gasteiger partial charge in [-0.2, -0.15) is 0 Å². The SMILES string of the molecule is COc1ccc(/C=C/C(=O)/C=C/c2ccc(Cl)cc2)cc1. The second-order valence-corrected chi connectivity index (χ2v) is 4.83. The number of benzene rings is 2. The van der Waals surface area contributed by atoms with Crippen LogP contribution < -0.4 is 4.74 Å². The van der Waals surface area contributed by atoms with Crippen LogP contribution in [0.25, 0.3) is 12.2 Å². The fourth-order valence-corrected chi connectivity index (χ4v) is 1.83. The van der Waals surface area contributed by atoms with Gasteiger partial charge in [-0.25, -0.2) is 0 Å². The third kappa shape index (κ3) is 4.93. The van der Waals surface area contributed by atoms with Crippen molar-refractivity contribution < 1.29 is 9.53 Å². The first-order valence-electron chi connectivity index (χ1n) is 6.47. The van der Waals surface area contributed by atoms with Crippen molar-refractivity contribution >= 4 is 29.5 Å². The number of hydrogen-bond donors (Lipinski definition) is 0. The van der Waals surface area contributed by atoms with Crippen molar-refractivity contribution in [3.05, 3.63) is 76.8 Å². The fraction of sp³-hybridized carbons (Fsp3) is 0.0556. The highest BCUT2D eigenvalue weighted by atomic mass is 35.5. The fourth-order valence-electron chi connectivity index (χ4n) is 1.70. The first-order valence-corrected chi connectivity index (χ1v) is 6.85. The summed E-state index contributed by atoms with van der Waals surface area (Å²) in [5.41, 5.74) is 1.88. The van der Waals surface area contributed by atoms with Gasteiger partial charge in [0.05, 0.1) is 7.11 Å². The lowest BCUT2D eigenvalue weighted by Crippen LogP contribution is -1.85. The van der Waals surface area contributed by atoms with Crippen LogP contribution in [0.2, 0.25) is 5.02 Å². The number of carbonyl (C=O) groups excluding carboxylic acids is 1. The van der Waals surface area contributed by atoms with E-state index in [1.807, 2.05) is 36.4 Å². The van der Waals surface area contributed by atoms with Crippen molar-refractivity contribution in [2.24, 2.45) is 0 Å². The molecule has 0 aromatic heterocycles. The van der Waals surface area contributed by atoms with Crippen molar-refractivity contribution in [2.75, 3.05) is 7.11 Å². The normalized spacial score (nSPS) is 11.1. The number of halogens is 1. The molecule has 0 spiro atoms.